The molecule has 0 radical (unpaired) electrons. The Balaban J connectivity index is 1.99. The van der Waals surface area contributed by atoms with E-state index in [1.165, 1.54) is 12.1 Å². The largest absolute Gasteiger partial charge is 0.480 e. The third-order valence-corrected chi connectivity index (χ3v) is 4.29. The number of carbonyl (C=O) groups is 2. The van der Waals surface area contributed by atoms with Crippen LogP contribution < -0.4 is 10.1 Å². The highest BCUT2D eigenvalue weighted by molar-refractivity contribution is 5.83. The molecule has 0 aromatic heterocycles. The average molecular weight is 370 g/mol. The number of nitro groups is 1. The van der Waals surface area contributed by atoms with Crippen LogP contribution >= 0.6 is 0 Å². The molecule has 2 aromatic carbocycles. The van der Waals surface area contributed by atoms with Crippen molar-refractivity contribution in [3.05, 3.63) is 69.8 Å². The maximum Gasteiger partial charge on any atom is 0.270 e. The Hall–Kier alpha value is -3.22. The first-order chi connectivity index (χ1) is 13.0. The molecule has 0 saturated carbocycles. The number of aldehydes is 1. The van der Waals surface area contributed by atoms with Crippen molar-refractivity contribution in [3.8, 4) is 5.75 Å². The van der Waals surface area contributed by atoms with Gasteiger partial charge in [-0.05, 0) is 25.0 Å². The lowest BCUT2D eigenvalue weighted by Crippen LogP contribution is -2.38. The van der Waals surface area contributed by atoms with E-state index >= 15 is 0 Å². The SMILES string of the molecule is CC[C@H](CNC(=O)[C@H](C)Oc1ccc([N+](=O)[O-])cc1C=O)c1ccccc1. The monoisotopic (exact) mass is 370 g/mol. The van der Waals surface area contributed by atoms with Crippen LogP contribution in [0.15, 0.2) is 48.5 Å². The molecule has 27 heavy (non-hydrogen) atoms. The van der Waals surface area contributed by atoms with E-state index in [4.69, 9.17) is 4.74 Å². The number of nitrogens with zero attached hydrogens (tertiary/aromatic N) is 1. The van der Waals surface area contributed by atoms with E-state index < -0.39 is 11.0 Å². The van der Waals surface area contributed by atoms with Gasteiger partial charge in [0.25, 0.3) is 11.6 Å². The van der Waals surface area contributed by atoms with E-state index in [1.807, 2.05) is 30.3 Å². The van der Waals surface area contributed by atoms with Crippen LogP contribution in [0, 0.1) is 10.1 Å². The molecule has 0 aliphatic rings. The summed E-state index contributed by atoms with van der Waals surface area (Å²) in [6.07, 6.45) is 0.491. The highest BCUT2D eigenvalue weighted by Gasteiger charge is 2.19. The predicted octanol–water partition coefficient (Wildman–Crippen LogP) is 3.48. The summed E-state index contributed by atoms with van der Waals surface area (Å²) in [4.78, 5) is 33.7. The van der Waals surface area contributed by atoms with Crippen molar-refractivity contribution < 1.29 is 19.2 Å². The first-order valence-corrected chi connectivity index (χ1v) is 8.69. The second kappa shape index (κ2) is 9.47. The Morgan fingerprint density at radius 1 is 1.26 bits per heavy atom. The van der Waals surface area contributed by atoms with Gasteiger partial charge in [-0.3, -0.25) is 19.7 Å². The maximum atomic E-state index is 12.3. The average Bonchev–Trinajstić information content (AvgIpc) is 2.69. The van der Waals surface area contributed by atoms with Crippen molar-refractivity contribution in [2.75, 3.05) is 6.54 Å². The fourth-order valence-corrected chi connectivity index (χ4v) is 2.68. The second-order valence-electron chi connectivity index (χ2n) is 6.12. The van der Waals surface area contributed by atoms with Crippen LogP contribution in [0.5, 0.6) is 5.75 Å². The van der Waals surface area contributed by atoms with Crippen molar-refractivity contribution in [3.63, 3.8) is 0 Å². The number of non-ortho nitro benzene ring substituents is 1. The van der Waals surface area contributed by atoms with Crippen molar-refractivity contribution >= 4 is 17.9 Å². The molecule has 142 valence electrons. The number of amides is 1. The molecule has 1 amide bonds. The second-order valence-corrected chi connectivity index (χ2v) is 6.12. The third kappa shape index (κ3) is 5.37. The Labute approximate surface area is 157 Å². The lowest BCUT2D eigenvalue weighted by molar-refractivity contribution is -0.384. The molecule has 0 saturated heterocycles. The van der Waals surface area contributed by atoms with Gasteiger partial charge in [-0.15, -0.1) is 0 Å². The summed E-state index contributed by atoms with van der Waals surface area (Å²) >= 11 is 0. The molecule has 0 aliphatic heterocycles. The number of hydrogen-bond acceptors (Lipinski definition) is 5. The topological polar surface area (TPSA) is 98.5 Å². The normalized spacial score (nSPS) is 12.7. The van der Waals surface area contributed by atoms with Gasteiger partial charge >= 0.3 is 0 Å². The number of carbonyl (C=O) groups excluding carboxylic acids is 2. The zero-order chi connectivity index (χ0) is 19.8. The van der Waals surface area contributed by atoms with Crippen molar-refractivity contribution in [1.29, 1.82) is 0 Å². The van der Waals surface area contributed by atoms with Crippen LogP contribution in [-0.4, -0.2) is 29.8 Å². The minimum Gasteiger partial charge on any atom is -0.480 e. The van der Waals surface area contributed by atoms with E-state index in [0.29, 0.717) is 12.8 Å². The van der Waals surface area contributed by atoms with Gasteiger partial charge in [0.2, 0.25) is 0 Å². The van der Waals surface area contributed by atoms with Gasteiger partial charge in [0.05, 0.1) is 10.5 Å². The molecule has 0 bridgehead atoms. The highest BCUT2D eigenvalue weighted by atomic mass is 16.6. The quantitative estimate of drug-likeness (QED) is 0.414. The number of nitro benzene ring substituents is 1. The van der Waals surface area contributed by atoms with Gasteiger partial charge in [-0.25, -0.2) is 0 Å². The smallest absolute Gasteiger partial charge is 0.270 e. The van der Waals surface area contributed by atoms with Gasteiger partial charge in [-0.1, -0.05) is 37.3 Å². The molecule has 0 unspecified atom stereocenters. The Morgan fingerprint density at radius 2 is 1.96 bits per heavy atom. The van der Waals surface area contributed by atoms with Crippen LogP contribution in [-0.2, 0) is 4.79 Å². The first-order valence-electron chi connectivity index (χ1n) is 8.69. The van der Waals surface area contributed by atoms with Crippen molar-refractivity contribution in [2.24, 2.45) is 0 Å². The number of hydrogen-bond donors (Lipinski definition) is 1. The van der Waals surface area contributed by atoms with E-state index in [0.717, 1.165) is 18.1 Å². The minimum atomic E-state index is -0.849. The van der Waals surface area contributed by atoms with E-state index in [2.05, 4.69) is 12.2 Å². The maximum absolute atomic E-state index is 12.3. The molecule has 2 rings (SSSR count). The number of ether oxygens (including phenoxy) is 1. The highest BCUT2D eigenvalue weighted by Crippen LogP contribution is 2.24. The summed E-state index contributed by atoms with van der Waals surface area (Å²) < 4.78 is 5.54. The van der Waals surface area contributed by atoms with Crippen molar-refractivity contribution in [2.45, 2.75) is 32.3 Å². The zero-order valence-corrected chi connectivity index (χ0v) is 15.3. The first kappa shape index (κ1) is 20.1. The standard InChI is InChI=1S/C20H22N2O5/c1-3-15(16-7-5-4-6-8-16)12-21-20(24)14(2)27-19-10-9-18(22(25)26)11-17(19)13-23/h4-11,13-15H,3,12H2,1-2H3,(H,21,24)/t14-,15+/m0/s1. The summed E-state index contributed by atoms with van der Waals surface area (Å²) in [6.45, 7) is 4.08. The summed E-state index contributed by atoms with van der Waals surface area (Å²) in [7, 11) is 0. The molecule has 2 aromatic rings. The minimum absolute atomic E-state index is 0.0274. The third-order valence-electron chi connectivity index (χ3n) is 4.29. The number of nitrogens with one attached hydrogen (secondary N) is 1. The summed E-state index contributed by atoms with van der Waals surface area (Å²) in [5.41, 5.74) is 0.960. The molecule has 2 atom stereocenters. The fraction of sp³-hybridized carbons (Fsp3) is 0.300. The predicted molar refractivity (Wildman–Crippen MR) is 101 cm³/mol. The van der Waals surface area contributed by atoms with Gasteiger partial charge in [0.15, 0.2) is 12.4 Å². The van der Waals surface area contributed by atoms with Crippen LogP contribution in [0.4, 0.5) is 5.69 Å². The van der Waals surface area contributed by atoms with Crippen molar-refractivity contribution in [1.82, 2.24) is 5.32 Å². The molecule has 7 nitrogen and oxygen atoms in total. The van der Waals surface area contributed by atoms with Gasteiger partial charge in [0, 0.05) is 24.6 Å². The molecule has 0 fully saturated rings. The molecule has 1 N–H and O–H groups in total. The van der Waals surface area contributed by atoms with E-state index in [9.17, 15) is 19.7 Å². The molecule has 7 heteroatoms. The zero-order valence-electron chi connectivity index (χ0n) is 15.3. The molecule has 0 spiro atoms. The van der Waals surface area contributed by atoms with Gasteiger partial charge < -0.3 is 10.1 Å². The molecular weight excluding hydrogens is 348 g/mol. The number of rotatable bonds is 9. The molecule has 0 heterocycles. The fourth-order valence-electron chi connectivity index (χ4n) is 2.68. The Bertz CT molecular complexity index is 807. The van der Waals surface area contributed by atoms with Gasteiger partial charge in [0.1, 0.15) is 5.75 Å². The Morgan fingerprint density at radius 3 is 2.56 bits per heavy atom. The lowest BCUT2D eigenvalue weighted by atomic mass is 9.96. The molecular formula is C20H22N2O5. The Kier molecular flexibility index (Phi) is 7.05. The summed E-state index contributed by atoms with van der Waals surface area (Å²) in [6, 6.07) is 13.6. The summed E-state index contributed by atoms with van der Waals surface area (Å²) in [5, 5.41) is 13.6. The summed E-state index contributed by atoms with van der Waals surface area (Å²) in [5.74, 6) is 0.000180. The number of benzene rings is 2. The van der Waals surface area contributed by atoms with Crippen LogP contribution in [0.2, 0.25) is 0 Å². The van der Waals surface area contributed by atoms with Crippen LogP contribution in [0.25, 0.3) is 0 Å². The lowest BCUT2D eigenvalue weighted by Gasteiger charge is -2.19. The molecule has 0 aliphatic carbocycles. The van der Waals surface area contributed by atoms with Gasteiger partial charge in [-0.2, -0.15) is 0 Å². The van der Waals surface area contributed by atoms with Crippen LogP contribution in [0.3, 0.4) is 0 Å². The van der Waals surface area contributed by atoms with E-state index in [-0.39, 0.29) is 28.8 Å². The van der Waals surface area contributed by atoms with E-state index in [1.54, 1.807) is 6.92 Å². The van der Waals surface area contributed by atoms with Crippen LogP contribution in [0.1, 0.15) is 42.1 Å².